The molecule has 1 saturated carbocycles. The van der Waals surface area contributed by atoms with Gasteiger partial charge < -0.3 is 9.72 Å². The van der Waals surface area contributed by atoms with E-state index in [9.17, 15) is 8.42 Å². The van der Waals surface area contributed by atoms with Crippen LogP contribution in [0.1, 0.15) is 31.5 Å². The summed E-state index contributed by atoms with van der Waals surface area (Å²) in [5, 5.41) is 0.191. The van der Waals surface area contributed by atoms with Crippen LogP contribution in [0.5, 0.6) is 0 Å². The quantitative estimate of drug-likeness (QED) is 0.881. The monoisotopic (exact) mass is 285 g/mol. The van der Waals surface area contributed by atoms with E-state index in [1.54, 1.807) is 11.2 Å². The van der Waals surface area contributed by atoms with Gasteiger partial charge in [0.1, 0.15) is 5.82 Å². The lowest BCUT2D eigenvalue weighted by molar-refractivity contribution is -0.0586. The number of sulfonamides is 1. The third-order valence-electron chi connectivity index (χ3n) is 3.95. The van der Waals surface area contributed by atoms with Crippen LogP contribution in [0.3, 0.4) is 0 Å². The number of ether oxygens (including phenoxy) is 1. The molecule has 0 radical (unpaired) electrons. The Hall–Kier alpha value is -0.920. The van der Waals surface area contributed by atoms with E-state index >= 15 is 0 Å². The van der Waals surface area contributed by atoms with Crippen molar-refractivity contribution in [2.24, 2.45) is 0 Å². The minimum Gasteiger partial charge on any atom is -0.375 e. The van der Waals surface area contributed by atoms with Gasteiger partial charge in [0.25, 0.3) is 10.0 Å². The van der Waals surface area contributed by atoms with Gasteiger partial charge in [0, 0.05) is 6.54 Å². The first-order chi connectivity index (χ1) is 9.09. The molecule has 2 aliphatic rings. The fourth-order valence-corrected chi connectivity index (χ4v) is 4.64. The van der Waals surface area contributed by atoms with Gasteiger partial charge in [-0.3, -0.25) is 0 Å². The first-order valence-electron chi connectivity index (χ1n) is 6.74. The van der Waals surface area contributed by atoms with Gasteiger partial charge in [-0.1, -0.05) is 12.8 Å². The molecule has 0 bridgehead atoms. The van der Waals surface area contributed by atoms with Gasteiger partial charge >= 0.3 is 0 Å². The Bertz CT molecular complexity index is 552. The van der Waals surface area contributed by atoms with E-state index in [0.717, 1.165) is 25.7 Å². The van der Waals surface area contributed by atoms with Crippen LogP contribution >= 0.6 is 0 Å². The van der Waals surface area contributed by atoms with Crippen LogP contribution in [0.25, 0.3) is 0 Å². The summed E-state index contributed by atoms with van der Waals surface area (Å²) in [4.78, 5) is 6.82. The van der Waals surface area contributed by atoms with Gasteiger partial charge in [-0.15, -0.1) is 0 Å². The second-order valence-electron chi connectivity index (χ2n) is 5.21. The summed E-state index contributed by atoms with van der Waals surface area (Å²) in [6.07, 6.45) is 5.49. The van der Waals surface area contributed by atoms with E-state index in [0.29, 0.717) is 19.0 Å². The molecule has 0 amide bonds. The smallest absolute Gasteiger partial charge is 0.260 e. The number of rotatable bonds is 2. The standard InChI is InChI=1S/C12H19N3O3S/c1-9-13-8-12(14-9)19(16,17)15-6-7-18-11-5-3-2-4-10(11)15/h8,10-11H,2-7H2,1H3,(H,13,14)/t10-,11-/m1/s1. The molecule has 2 fully saturated rings. The Labute approximate surface area is 113 Å². The maximum absolute atomic E-state index is 12.7. The summed E-state index contributed by atoms with van der Waals surface area (Å²) in [6.45, 7) is 2.66. The number of hydrogen-bond acceptors (Lipinski definition) is 4. The molecule has 1 N–H and O–H groups in total. The molecular weight excluding hydrogens is 266 g/mol. The summed E-state index contributed by atoms with van der Waals surface area (Å²) >= 11 is 0. The number of morpholine rings is 1. The first kappa shape index (κ1) is 13.1. The predicted molar refractivity (Wildman–Crippen MR) is 69.2 cm³/mol. The maximum atomic E-state index is 12.7. The highest BCUT2D eigenvalue weighted by Crippen LogP contribution is 2.31. The third kappa shape index (κ3) is 2.30. The second-order valence-corrected chi connectivity index (χ2v) is 7.07. The Balaban J connectivity index is 1.91. The van der Waals surface area contributed by atoms with Gasteiger partial charge in [0.2, 0.25) is 0 Å². The largest absolute Gasteiger partial charge is 0.375 e. The SMILES string of the molecule is Cc1ncc(S(=O)(=O)N2CCO[C@@H]3CCCC[C@H]32)[nH]1. The second kappa shape index (κ2) is 4.88. The Morgan fingerprint density at radius 3 is 2.95 bits per heavy atom. The minimum absolute atomic E-state index is 0.0175. The zero-order chi connectivity index (χ0) is 13.5. The van der Waals surface area contributed by atoms with Crippen LogP contribution in [0.15, 0.2) is 11.2 Å². The molecule has 0 aromatic carbocycles. The lowest BCUT2D eigenvalue weighted by atomic mass is 9.91. The van der Waals surface area contributed by atoms with Crippen molar-refractivity contribution < 1.29 is 13.2 Å². The molecular formula is C12H19N3O3S. The average molecular weight is 285 g/mol. The van der Waals surface area contributed by atoms with E-state index in [-0.39, 0.29) is 17.2 Å². The molecule has 0 unspecified atom stereocenters. The van der Waals surface area contributed by atoms with Gasteiger partial charge in [-0.05, 0) is 19.8 Å². The van der Waals surface area contributed by atoms with E-state index < -0.39 is 10.0 Å². The summed E-state index contributed by atoms with van der Waals surface area (Å²) in [7, 11) is -3.48. The average Bonchev–Trinajstić information content (AvgIpc) is 2.85. The Morgan fingerprint density at radius 2 is 2.21 bits per heavy atom. The van der Waals surface area contributed by atoms with Crippen LogP contribution in [0.4, 0.5) is 0 Å². The van der Waals surface area contributed by atoms with Crippen LogP contribution in [0, 0.1) is 6.92 Å². The maximum Gasteiger partial charge on any atom is 0.260 e. The van der Waals surface area contributed by atoms with Crippen LogP contribution in [-0.2, 0) is 14.8 Å². The molecule has 2 atom stereocenters. The molecule has 1 aliphatic heterocycles. The predicted octanol–water partition coefficient (Wildman–Crippen LogP) is 1.05. The number of fused-ring (bicyclic) bond motifs is 1. The number of imidazole rings is 1. The van der Waals surface area contributed by atoms with Gasteiger partial charge in [-0.25, -0.2) is 13.4 Å². The highest BCUT2D eigenvalue weighted by molar-refractivity contribution is 7.89. The molecule has 1 saturated heterocycles. The summed E-state index contributed by atoms with van der Waals surface area (Å²) < 4.78 is 32.6. The van der Waals surface area contributed by atoms with E-state index in [2.05, 4.69) is 9.97 Å². The normalized spacial score (nSPS) is 29.1. The third-order valence-corrected chi connectivity index (χ3v) is 5.78. The minimum atomic E-state index is -3.48. The molecule has 2 heterocycles. The molecule has 106 valence electrons. The van der Waals surface area contributed by atoms with Gasteiger partial charge in [0.15, 0.2) is 5.03 Å². The Kier molecular flexibility index (Phi) is 3.36. The van der Waals surface area contributed by atoms with Crippen molar-refractivity contribution in [1.82, 2.24) is 14.3 Å². The summed E-state index contributed by atoms with van der Waals surface area (Å²) in [6, 6.07) is -0.0175. The van der Waals surface area contributed by atoms with Crippen molar-refractivity contribution in [2.75, 3.05) is 13.2 Å². The van der Waals surface area contributed by atoms with Crippen molar-refractivity contribution in [1.29, 1.82) is 0 Å². The zero-order valence-electron chi connectivity index (χ0n) is 11.0. The van der Waals surface area contributed by atoms with Crippen molar-refractivity contribution in [2.45, 2.75) is 49.8 Å². The van der Waals surface area contributed by atoms with Crippen molar-refractivity contribution >= 4 is 10.0 Å². The molecule has 1 aliphatic carbocycles. The molecule has 7 heteroatoms. The first-order valence-corrected chi connectivity index (χ1v) is 8.18. The number of nitrogens with zero attached hydrogens (tertiary/aromatic N) is 2. The molecule has 6 nitrogen and oxygen atoms in total. The Morgan fingerprint density at radius 1 is 1.42 bits per heavy atom. The van der Waals surface area contributed by atoms with Gasteiger partial charge in [0.05, 0.1) is 24.9 Å². The summed E-state index contributed by atoms with van der Waals surface area (Å²) in [5.74, 6) is 0.618. The summed E-state index contributed by atoms with van der Waals surface area (Å²) in [5.41, 5.74) is 0. The number of aromatic nitrogens is 2. The van der Waals surface area contributed by atoms with E-state index in [1.165, 1.54) is 6.20 Å². The number of H-pyrrole nitrogens is 1. The lowest BCUT2D eigenvalue weighted by Crippen LogP contribution is -2.54. The van der Waals surface area contributed by atoms with E-state index in [4.69, 9.17) is 4.74 Å². The zero-order valence-corrected chi connectivity index (χ0v) is 11.8. The number of nitrogens with one attached hydrogen (secondary N) is 1. The fourth-order valence-electron chi connectivity index (χ4n) is 3.02. The molecule has 3 rings (SSSR count). The molecule has 1 aromatic heterocycles. The number of aromatic amines is 1. The van der Waals surface area contributed by atoms with E-state index in [1.807, 2.05) is 0 Å². The molecule has 19 heavy (non-hydrogen) atoms. The van der Waals surface area contributed by atoms with Crippen molar-refractivity contribution in [3.05, 3.63) is 12.0 Å². The number of aryl methyl sites for hydroxylation is 1. The van der Waals surface area contributed by atoms with Gasteiger partial charge in [-0.2, -0.15) is 4.31 Å². The van der Waals surface area contributed by atoms with Crippen molar-refractivity contribution in [3.8, 4) is 0 Å². The number of hydrogen-bond donors (Lipinski definition) is 1. The highest BCUT2D eigenvalue weighted by Gasteiger charge is 2.41. The molecule has 1 aromatic rings. The van der Waals surface area contributed by atoms with Crippen LogP contribution in [-0.4, -0.2) is 48.0 Å². The fraction of sp³-hybridized carbons (Fsp3) is 0.750. The highest BCUT2D eigenvalue weighted by atomic mass is 32.2. The van der Waals surface area contributed by atoms with Crippen LogP contribution < -0.4 is 0 Å². The van der Waals surface area contributed by atoms with Crippen molar-refractivity contribution in [3.63, 3.8) is 0 Å². The topological polar surface area (TPSA) is 75.3 Å². The van der Waals surface area contributed by atoms with Crippen LogP contribution in [0.2, 0.25) is 0 Å². The molecule has 0 spiro atoms. The lowest BCUT2D eigenvalue weighted by Gasteiger charge is -2.42.